The highest BCUT2D eigenvalue weighted by atomic mass is 35.5. The van der Waals surface area contributed by atoms with Crippen LogP contribution >= 0.6 is 22.9 Å². The Morgan fingerprint density at radius 2 is 2.18 bits per heavy atom. The second kappa shape index (κ2) is 8.45. The van der Waals surface area contributed by atoms with Crippen LogP contribution in [0.3, 0.4) is 0 Å². The fourth-order valence-electron chi connectivity index (χ4n) is 3.06. The number of nitrogens with zero attached hydrogens (tertiary/aromatic N) is 3. The number of alkyl halides is 1. The number of anilines is 1. The molecular formula is C19H23ClN4O3S. The molecule has 2 heterocycles. The van der Waals surface area contributed by atoms with Gasteiger partial charge in [-0.25, -0.2) is 0 Å². The minimum Gasteiger partial charge on any atom is -0.497 e. The van der Waals surface area contributed by atoms with E-state index >= 15 is 0 Å². The minimum atomic E-state index is -0.702. The quantitative estimate of drug-likeness (QED) is 0.721. The van der Waals surface area contributed by atoms with Gasteiger partial charge in [0.25, 0.3) is 0 Å². The number of nitrogens with one attached hydrogen (secondary N) is 1. The SMILES string of the molecule is COc1cccc(-c2nnc(NC(=O)C3CCCN3C(=O)C(C)(C)CCl)s2)c1. The van der Waals surface area contributed by atoms with E-state index in [-0.39, 0.29) is 17.7 Å². The first kappa shape index (κ1) is 20.5. The predicted molar refractivity (Wildman–Crippen MR) is 110 cm³/mol. The van der Waals surface area contributed by atoms with Crippen LogP contribution < -0.4 is 10.1 Å². The van der Waals surface area contributed by atoms with Gasteiger partial charge in [-0.05, 0) is 38.8 Å². The Morgan fingerprint density at radius 3 is 2.89 bits per heavy atom. The Bertz CT molecular complexity index is 870. The summed E-state index contributed by atoms with van der Waals surface area (Å²) in [6.07, 6.45) is 1.41. The van der Waals surface area contributed by atoms with Crippen LogP contribution in [-0.4, -0.2) is 52.5 Å². The monoisotopic (exact) mass is 422 g/mol. The minimum absolute atomic E-state index is 0.102. The molecule has 1 saturated heterocycles. The molecule has 2 amide bonds. The Hall–Kier alpha value is -2.19. The average molecular weight is 423 g/mol. The number of halogens is 1. The summed E-state index contributed by atoms with van der Waals surface area (Å²) < 4.78 is 5.23. The van der Waals surface area contributed by atoms with Crippen molar-refractivity contribution in [3.8, 4) is 16.3 Å². The first-order valence-corrected chi connectivity index (χ1v) is 10.4. The number of carbonyl (C=O) groups excluding carboxylic acids is 2. The number of ether oxygens (including phenoxy) is 1. The fraction of sp³-hybridized carbons (Fsp3) is 0.474. The van der Waals surface area contributed by atoms with Gasteiger partial charge in [-0.15, -0.1) is 21.8 Å². The van der Waals surface area contributed by atoms with Gasteiger partial charge < -0.3 is 9.64 Å². The Balaban J connectivity index is 1.71. The Morgan fingerprint density at radius 1 is 1.39 bits per heavy atom. The molecule has 1 aliphatic rings. The molecule has 3 rings (SSSR count). The molecule has 1 N–H and O–H groups in total. The van der Waals surface area contributed by atoms with Crippen LogP contribution in [0.15, 0.2) is 24.3 Å². The number of rotatable bonds is 6. The van der Waals surface area contributed by atoms with Gasteiger partial charge in [0.05, 0.1) is 12.5 Å². The molecule has 0 radical (unpaired) electrons. The molecule has 2 aromatic rings. The van der Waals surface area contributed by atoms with Crippen molar-refractivity contribution in [2.24, 2.45) is 5.41 Å². The molecule has 1 aromatic carbocycles. The van der Waals surface area contributed by atoms with Gasteiger partial charge in [0.1, 0.15) is 16.8 Å². The van der Waals surface area contributed by atoms with E-state index in [2.05, 4.69) is 15.5 Å². The van der Waals surface area contributed by atoms with Gasteiger partial charge in [-0.1, -0.05) is 23.5 Å². The number of hydrogen-bond donors (Lipinski definition) is 1. The molecule has 1 aromatic heterocycles. The summed E-state index contributed by atoms with van der Waals surface area (Å²) in [6.45, 7) is 4.14. The largest absolute Gasteiger partial charge is 0.497 e. The maximum atomic E-state index is 12.8. The number of methoxy groups -OCH3 is 1. The van der Waals surface area contributed by atoms with Crippen molar-refractivity contribution in [1.29, 1.82) is 0 Å². The molecular weight excluding hydrogens is 400 g/mol. The highest BCUT2D eigenvalue weighted by Gasteiger charge is 2.40. The van der Waals surface area contributed by atoms with E-state index in [0.29, 0.717) is 23.1 Å². The number of amides is 2. The van der Waals surface area contributed by atoms with Crippen LogP contribution in [0.5, 0.6) is 5.75 Å². The molecule has 0 saturated carbocycles. The third-order valence-corrected chi connectivity index (χ3v) is 6.26. The normalized spacial score (nSPS) is 16.9. The van der Waals surface area contributed by atoms with Crippen LogP contribution in [0, 0.1) is 5.41 Å². The van der Waals surface area contributed by atoms with Crippen LogP contribution in [0.4, 0.5) is 5.13 Å². The van der Waals surface area contributed by atoms with E-state index in [0.717, 1.165) is 17.7 Å². The molecule has 1 aliphatic heterocycles. The number of hydrogen-bond acceptors (Lipinski definition) is 6. The van der Waals surface area contributed by atoms with Gasteiger partial charge in [-0.3, -0.25) is 14.9 Å². The van der Waals surface area contributed by atoms with Gasteiger partial charge >= 0.3 is 0 Å². The zero-order valence-corrected chi connectivity index (χ0v) is 17.6. The summed E-state index contributed by atoms with van der Waals surface area (Å²) in [6, 6.07) is 6.97. The molecule has 150 valence electrons. The third kappa shape index (κ3) is 4.28. The van der Waals surface area contributed by atoms with Crippen molar-refractivity contribution in [2.45, 2.75) is 32.7 Å². The van der Waals surface area contributed by atoms with Crippen LogP contribution in [-0.2, 0) is 9.59 Å². The standard InChI is InChI=1S/C19H23ClN4O3S/c1-19(2,11-20)17(26)24-9-5-8-14(24)15(25)21-18-23-22-16(28-18)12-6-4-7-13(10-12)27-3/h4,6-7,10,14H,5,8-9,11H2,1-3H3,(H,21,23,25). The molecule has 0 bridgehead atoms. The average Bonchev–Trinajstić information content (AvgIpc) is 3.37. The molecule has 9 heteroatoms. The van der Waals surface area contributed by atoms with E-state index < -0.39 is 11.5 Å². The van der Waals surface area contributed by atoms with Crippen LogP contribution in [0.25, 0.3) is 10.6 Å². The highest BCUT2D eigenvalue weighted by Crippen LogP contribution is 2.30. The lowest BCUT2D eigenvalue weighted by Crippen LogP contribution is -2.48. The number of carbonyl (C=O) groups is 2. The second-order valence-corrected chi connectivity index (χ2v) is 8.55. The number of aromatic nitrogens is 2. The summed E-state index contributed by atoms with van der Waals surface area (Å²) >= 11 is 7.21. The first-order chi connectivity index (χ1) is 13.4. The summed E-state index contributed by atoms with van der Waals surface area (Å²) in [5.74, 6) is 0.580. The van der Waals surface area contributed by atoms with Crippen molar-refractivity contribution in [3.63, 3.8) is 0 Å². The predicted octanol–water partition coefficient (Wildman–Crippen LogP) is 3.41. The lowest BCUT2D eigenvalue weighted by molar-refractivity contribution is -0.143. The fourth-order valence-corrected chi connectivity index (χ4v) is 3.92. The van der Waals surface area contributed by atoms with Crippen LogP contribution in [0.1, 0.15) is 26.7 Å². The summed E-state index contributed by atoms with van der Waals surface area (Å²) in [7, 11) is 1.60. The Kier molecular flexibility index (Phi) is 6.20. The molecule has 1 fully saturated rings. The van der Waals surface area contributed by atoms with Gasteiger partial charge in [-0.2, -0.15) is 0 Å². The number of benzene rings is 1. The van der Waals surface area contributed by atoms with E-state index in [9.17, 15) is 9.59 Å². The van der Waals surface area contributed by atoms with Crippen LogP contribution in [0.2, 0.25) is 0 Å². The molecule has 1 atom stereocenters. The molecule has 0 spiro atoms. The van der Waals surface area contributed by atoms with Crippen molar-refractivity contribution in [1.82, 2.24) is 15.1 Å². The third-order valence-electron chi connectivity index (χ3n) is 4.70. The first-order valence-electron chi connectivity index (χ1n) is 9.01. The molecule has 1 unspecified atom stereocenters. The summed E-state index contributed by atoms with van der Waals surface area (Å²) in [5, 5.41) is 12.1. The van der Waals surface area contributed by atoms with Crippen molar-refractivity contribution in [2.75, 3.05) is 24.9 Å². The van der Waals surface area contributed by atoms with E-state index in [1.807, 2.05) is 24.3 Å². The smallest absolute Gasteiger partial charge is 0.249 e. The topological polar surface area (TPSA) is 84.4 Å². The second-order valence-electron chi connectivity index (χ2n) is 7.31. The lowest BCUT2D eigenvalue weighted by Gasteiger charge is -2.31. The van der Waals surface area contributed by atoms with Gasteiger partial charge in [0.15, 0.2) is 0 Å². The molecule has 28 heavy (non-hydrogen) atoms. The van der Waals surface area contributed by atoms with Gasteiger partial charge in [0, 0.05) is 18.0 Å². The van der Waals surface area contributed by atoms with E-state index in [1.165, 1.54) is 11.3 Å². The highest BCUT2D eigenvalue weighted by molar-refractivity contribution is 7.18. The molecule has 7 nitrogen and oxygen atoms in total. The zero-order chi connectivity index (χ0) is 20.3. The maximum Gasteiger partial charge on any atom is 0.249 e. The van der Waals surface area contributed by atoms with Crippen molar-refractivity contribution < 1.29 is 14.3 Å². The molecule has 0 aliphatic carbocycles. The van der Waals surface area contributed by atoms with E-state index in [4.69, 9.17) is 16.3 Å². The van der Waals surface area contributed by atoms with Gasteiger partial charge in [0.2, 0.25) is 16.9 Å². The lowest BCUT2D eigenvalue weighted by atomic mass is 9.94. The zero-order valence-electron chi connectivity index (χ0n) is 16.1. The Labute approximate surface area is 173 Å². The summed E-state index contributed by atoms with van der Waals surface area (Å²) in [4.78, 5) is 27.1. The summed E-state index contributed by atoms with van der Waals surface area (Å²) in [5.41, 5.74) is 0.158. The van der Waals surface area contributed by atoms with E-state index in [1.54, 1.807) is 25.9 Å². The van der Waals surface area contributed by atoms with Crippen molar-refractivity contribution >= 4 is 39.9 Å². The van der Waals surface area contributed by atoms with Crippen molar-refractivity contribution in [3.05, 3.63) is 24.3 Å². The number of likely N-dealkylation sites (tertiary alicyclic amines) is 1. The maximum absolute atomic E-state index is 12.8.